The molecule has 1 atom stereocenters. The van der Waals surface area contributed by atoms with E-state index in [1.807, 2.05) is 41.7 Å². The van der Waals surface area contributed by atoms with Crippen LogP contribution in [0.15, 0.2) is 36.8 Å². The van der Waals surface area contributed by atoms with Crippen LogP contribution in [0.1, 0.15) is 50.9 Å². The Morgan fingerprint density at radius 1 is 1.11 bits per heavy atom. The zero-order valence-corrected chi connectivity index (χ0v) is 16.6. The molecule has 2 aliphatic heterocycles. The van der Waals surface area contributed by atoms with Crippen LogP contribution >= 0.6 is 0 Å². The lowest BCUT2D eigenvalue weighted by molar-refractivity contribution is 0.141. The van der Waals surface area contributed by atoms with Crippen molar-refractivity contribution in [3.63, 3.8) is 0 Å². The number of carbonyl (C=O) groups is 1. The van der Waals surface area contributed by atoms with E-state index in [1.165, 1.54) is 0 Å². The smallest absolute Gasteiger partial charge is 0.318 e. The number of nitrogens with zero attached hydrogens (tertiary/aromatic N) is 5. The van der Waals surface area contributed by atoms with E-state index in [-0.39, 0.29) is 18.1 Å². The number of carbonyl (C=O) groups excluding carboxylic acids is 1. The lowest BCUT2D eigenvalue weighted by atomic mass is 10.0. The number of likely N-dealkylation sites (tertiary alicyclic amines) is 1. The molecular weight excluding hydrogens is 352 g/mol. The first-order valence-corrected chi connectivity index (χ1v) is 10.5. The number of hydrogen-bond acceptors (Lipinski definition) is 4. The summed E-state index contributed by atoms with van der Waals surface area (Å²) < 4.78 is 2.15. The van der Waals surface area contributed by atoms with Gasteiger partial charge in [-0.2, -0.15) is 0 Å². The topological polar surface area (TPSA) is 66.3 Å². The Morgan fingerprint density at radius 2 is 1.96 bits per heavy atom. The van der Waals surface area contributed by atoms with Gasteiger partial charge in [0, 0.05) is 50.8 Å². The Labute approximate surface area is 166 Å². The molecule has 1 N–H and O–H groups in total. The van der Waals surface area contributed by atoms with Crippen molar-refractivity contribution in [3.05, 3.63) is 42.6 Å². The van der Waals surface area contributed by atoms with E-state index in [9.17, 15) is 4.79 Å². The zero-order chi connectivity index (χ0) is 19.3. The molecule has 7 nitrogen and oxygen atoms in total. The van der Waals surface area contributed by atoms with Gasteiger partial charge in [0.05, 0.1) is 6.04 Å². The zero-order valence-electron chi connectivity index (χ0n) is 16.6. The molecule has 2 aliphatic rings. The van der Waals surface area contributed by atoms with Crippen LogP contribution < -0.4 is 10.2 Å². The Morgan fingerprint density at radius 3 is 2.71 bits per heavy atom. The van der Waals surface area contributed by atoms with Crippen molar-refractivity contribution in [2.24, 2.45) is 0 Å². The van der Waals surface area contributed by atoms with E-state index in [2.05, 4.69) is 31.7 Å². The van der Waals surface area contributed by atoms with Crippen molar-refractivity contribution < 1.29 is 4.79 Å². The minimum absolute atomic E-state index is 0.0617. The lowest BCUT2D eigenvalue weighted by Gasteiger charge is -2.38. The highest BCUT2D eigenvalue weighted by Gasteiger charge is 2.32. The number of pyridine rings is 1. The van der Waals surface area contributed by atoms with Gasteiger partial charge in [-0.3, -0.25) is 0 Å². The first-order chi connectivity index (χ1) is 13.8. The van der Waals surface area contributed by atoms with Gasteiger partial charge in [0.15, 0.2) is 0 Å². The second-order valence-corrected chi connectivity index (χ2v) is 7.68. The fourth-order valence-electron chi connectivity index (χ4n) is 4.38. The molecule has 0 aliphatic carbocycles. The third-order valence-electron chi connectivity index (χ3n) is 5.95. The summed E-state index contributed by atoms with van der Waals surface area (Å²) in [5.41, 5.74) is 0. The Balaban J connectivity index is 1.36. The third kappa shape index (κ3) is 3.98. The van der Waals surface area contributed by atoms with Crippen LogP contribution in [-0.4, -0.2) is 51.1 Å². The number of aromatic nitrogens is 3. The molecule has 2 saturated heterocycles. The predicted molar refractivity (Wildman–Crippen MR) is 109 cm³/mol. The molecule has 0 radical (unpaired) electrons. The monoisotopic (exact) mass is 382 g/mol. The van der Waals surface area contributed by atoms with Crippen molar-refractivity contribution in [3.8, 4) is 0 Å². The molecule has 0 aromatic carbocycles. The summed E-state index contributed by atoms with van der Waals surface area (Å²) in [6.45, 7) is 5.65. The van der Waals surface area contributed by atoms with Gasteiger partial charge in [-0.15, -0.1) is 0 Å². The molecule has 4 heterocycles. The van der Waals surface area contributed by atoms with E-state index in [1.54, 1.807) is 0 Å². The number of rotatable bonds is 4. The number of aryl methyl sites for hydroxylation is 1. The van der Waals surface area contributed by atoms with Crippen molar-refractivity contribution >= 4 is 11.8 Å². The summed E-state index contributed by atoms with van der Waals surface area (Å²) in [5, 5.41) is 3.29. The number of imidazole rings is 1. The average Bonchev–Trinajstić information content (AvgIpc) is 3.23. The van der Waals surface area contributed by atoms with Crippen molar-refractivity contribution in [1.29, 1.82) is 0 Å². The molecular formula is C21H30N6O. The first kappa shape index (κ1) is 18.8. The number of anilines is 1. The summed E-state index contributed by atoms with van der Waals surface area (Å²) in [5.74, 6) is 2.04. The number of urea groups is 1. The number of nitrogens with one attached hydrogen (secondary N) is 1. The molecule has 28 heavy (non-hydrogen) atoms. The van der Waals surface area contributed by atoms with Crippen LogP contribution in [0.2, 0.25) is 0 Å². The Bertz CT molecular complexity index is 768. The second-order valence-electron chi connectivity index (χ2n) is 7.68. The van der Waals surface area contributed by atoms with Crippen LogP contribution in [0.25, 0.3) is 0 Å². The third-order valence-corrected chi connectivity index (χ3v) is 5.95. The summed E-state index contributed by atoms with van der Waals surface area (Å²) in [6.07, 6.45) is 10.8. The van der Waals surface area contributed by atoms with Crippen LogP contribution in [0, 0.1) is 0 Å². The second kappa shape index (κ2) is 8.63. The highest BCUT2D eigenvalue weighted by atomic mass is 16.2. The molecule has 1 unspecified atom stereocenters. The van der Waals surface area contributed by atoms with Gasteiger partial charge in [0.2, 0.25) is 0 Å². The first-order valence-electron chi connectivity index (χ1n) is 10.5. The van der Waals surface area contributed by atoms with Gasteiger partial charge in [-0.1, -0.05) is 6.07 Å². The number of hydrogen-bond donors (Lipinski definition) is 1. The molecule has 0 spiro atoms. The molecule has 0 saturated carbocycles. The normalized spacial score (nSPS) is 21.0. The summed E-state index contributed by atoms with van der Waals surface area (Å²) in [6, 6.07) is 6.37. The lowest BCUT2D eigenvalue weighted by Crippen LogP contribution is -2.51. The Kier molecular flexibility index (Phi) is 5.78. The van der Waals surface area contributed by atoms with Crippen LogP contribution in [0.3, 0.4) is 0 Å². The average molecular weight is 383 g/mol. The van der Waals surface area contributed by atoms with Crippen LogP contribution in [0.4, 0.5) is 10.6 Å². The van der Waals surface area contributed by atoms with E-state index in [0.717, 1.165) is 69.9 Å². The van der Waals surface area contributed by atoms with Crippen molar-refractivity contribution in [2.75, 3.05) is 24.5 Å². The van der Waals surface area contributed by atoms with Gasteiger partial charge in [-0.25, -0.2) is 14.8 Å². The maximum Gasteiger partial charge on any atom is 0.318 e. The molecule has 2 aromatic rings. The highest BCUT2D eigenvalue weighted by Crippen LogP contribution is 2.30. The van der Waals surface area contributed by atoms with E-state index < -0.39 is 0 Å². The van der Waals surface area contributed by atoms with Gasteiger partial charge >= 0.3 is 6.03 Å². The van der Waals surface area contributed by atoms with Gasteiger partial charge < -0.3 is 19.7 Å². The van der Waals surface area contributed by atoms with Gasteiger partial charge in [0.1, 0.15) is 11.6 Å². The standard InChI is InChI=1S/C21H30N6O/c1-2-25-16-12-23-20(25)18-7-4-6-13-27(18)21(28)24-17-9-14-26(15-10-17)19-8-3-5-11-22-19/h3,5,8,11-12,16-18H,2,4,6-7,9-10,13-15H2,1H3,(H,24,28). The van der Waals surface area contributed by atoms with Gasteiger partial charge in [0.25, 0.3) is 0 Å². The molecule has 2 amide bonds. The fourth-order valence-corrected chi connectivity index (χ4v) is 4.38. The van der Waals surface area contributed by atoms with Gasteiger partial charge in [-0.05, 0) is 51.2 Å². The van der Waals surface area contributed by atoms with Crippen LogP contribution in [-0.2, 0) is 6.54 Å². The minimum Gasteiger partial charge on any atom is -0.356 e. The summed E-state index contributed by atoms with van der Waals surface area (Å²) in [7, 11) is 0. The SMILES string of the molecule is CCn1ccnc1C1CCCCN1C(=O)NC1CCN(c2ccccn2)CC1. The minimum atomic E-state index is 0.0617. The number of amides is 2. The van der Waals surface area contributed by atoms with Crippen molar-refractivity contribution in [2.45, 2.75) is 57.7 Å². The van der Waals surface area contributed by atoms with Crippen LogP contribution in [0.5, 0.6) is 0 Å². The largest absolute Gasteiger partial charge is 0.356 e. The van der Waals surface area contributed by atoms with Crippen molar-refractivity contribution in [1.82, 2.24) is 24.8 Å². The molecule has 2 aromatic heterocycles. The molecule has 7 heteroatoms. The van der Waals surface area contributed by atoms with E-state index in [4.69, 9.17) is 0 Å². The quantitative estimate of drug-likeness (QED) is 0.882. The summed E-state index contributed by atoms with van der Waals surface area (Å²) >= 11 is 0. The highest BCUT2D eigenvalue weighted by molar-refractivity contribution is 5.75. The summed E-state index contributed by atoms with van der Waals surface area (Å²) in [4.78, 5) is 26.4. The van der Waals surface area contributed by atoms with E-state index >= 15 is 0 Å². The molecule has 0 bridgehead atoms. The predicted octanol–water partition coefficient (Wildman–Crippen LogP) is 3.20. The Hall–Kier alpha value is -2.57. The number of piperidine rings is 2. The molecule has 2 fully saturated rings. The maximum absolute atomic E-state index is 13.1. The van der Waals surface area contributed by atoms with E-state index in [0.29, 0.717) is 0 Å². The fraction of sp³-hybridized carbons (Fsp3) is 0.571. The molecule has 4 rings (SSSR count). The molecule has 150 valence electrons. The maximum atomic E-state index is 13.1.